The lowest BCUT2D eigenvalue weighted by atomic mass is 10.1. The van der Waals surface area contributed by atoms with E-state index in [2.05, 4.69) is 4.98 Å². The molecule has 31 heavy (non-hydrogen) atoms. The van der Waals surface area contributed by atoms with Gasteiger partial charge < -0.3 is 9.32 Å². The van der Waals surface area contributed by atoms with Gasteiger partial charge in [-0.1, -0.05) is 36.8 Å². The summed E-state index contributed by atoms with van der Waals surface area (Å²) in [5, 5.41) is -0.188. The van der Waals surface area contributed by atoms with Gasteiger partial charge in [-0.25, -0.2) is 13.4 Å². The first-order valence-corrected chi connectivity index (χ1v) is 12.5. The van der Waals surface area contributed by atoms with E-state index in [0.717, 1.165) is 24.8 Å². The Hall–Kier alpha value is -2.36. The van der Waals surface area contributed by atoms with Gasteiger partial charge in [0.05, 0.1) is 4.90 Å². The number of sulfonamides is 1. The maximum Gasteiger partial charge on any atom is 0.257 e. The van der Waals surface area contributed by atoms with Crippen molar-refractivity contribution < 1.29 is 17.6 Å². The number of oxazole rings is 1. The topological polar surface area (TPSA) is 83.7 Å². The van der Waals surface area contributed by atoms with E-state index in [4.69, 9.17) is 4.42 Å². The zero-order valence-electron chi connectivity index (χ0n) is 17.5. The van der Waals surface area contributed by atoms with Crippen LogP contribution < -0.4 is 0 Å². The van der Waals surface area contributed by atoms with Gasteiger partial charge in [0, 0.05) is 27.2 Å². The van der Waals surface area contributed by atoms with Crippen molar-refractivity contribution in [1.82, 2.24) is 14.2 Å². The van der Waals surface area contributed by atoms with Crippen LogP contribution in [0.2, 0.25) is 0 Å². The Morgan fingerprint density at radius 1 is 1.10 bits per heavy atom. The molecule has 1 aliphatic heterocycles. The number of aromatic nitrogens is 1. The van der Waals surface area contributed by atoms with Crippen LogP contribution in [0, 0.1) is 0 Å². The number of amides is 1. The highest BCUT2D eigenvalue weighted by molar-refractivity contribution is 8.00. The Balaban J connectivity index is 1.63. The maximum absolute atomic E-state index is 13.0. The summed E-state index contributed by atoms with van der Waals surface area (Å²) in [7, 11) is -0.129. The van der Waals surface area contributed by atoms with Crippen molar-refractivity contribution in [2.45, 2.75) is 34.6 Å². The highest BCUT2D eigenvalue weighted by Crippen LogP contribution is 2.37. The molecule has 1 amide bonds. The second kappa shape index (κ2) is 9.02. The molecule has 0 spiro atoms. The standard InChI is InChI=1S/C22H25N3O4S2/c1-24(2)21(26)20(16-9-5-3-6-10-16)30-22-23-18-15-17(11-12-19(18)29-22)31(27,28)25-13-7-4-8-14-25/h3,5-6,9-12,15,20H,4,7-8,13-14H2,1-2H3/t20-/m0/s1. The van der Waals surface area contributed by atoms with Crippen LogP contribution in [0.5, 0.6) is 0 Å². The summed E-state index contributed by atoms with van der Waals surface area (Å²) in [5.41, 5.74) is 1.80. The van der Waals surface area contributed by atoms with E-state index in [1.54, 1.807) is 32.3 Å². The lowest BCUT2D eigenvalue weighted by Crippen LogP contribution is -2.35. The van der Waals surface area contributed by atoms with E-state index in [-0.39, 0.29) is 10.8 Å². The Morgan fingerprint density at radius 3 is 2.48 bits per heavy atom. The maximum atomic E-state index is 13.0. The van der Waals surface area contributed by atoms with Crippen molar-refractivity contribution in [2.75, 3.05) is 27.2 Å². The van der Waals surface area contributed by atoms with Gasteiger partial charge in [-0.2, -0.15) is 4.31 Å². The molecule has 4 rings (SSSR count). The quantitative estimate of drug-likeness (QED) is 0.520. The lowest BCUT2D eigenvalue weighted by Gasteiger charge is -2.25. The summed E-state index contributed by atoms with van der Waals surface area (Å²) in [6, 6.07) is 14.2. The van der Waals surface area contributed by atoms with Crippen LogP contribution in [-0.2, 0) is 14.8 Å². The van der Waals surface area contributed by atoms with Gasteiger partial charge in [-0.05, 0) is 48.4 Å². The number of rotatable bonds is 6. The van der Waals surface area contributed by atoms with Gasteiger partial charge in [0.25, 0.3) is 5.22 Å². The highest BCUT2D eigenvalue weighted by atomic mass is 32.2. The second-order valence-electron chi connectivity index (χ2n) is 7.72. The summed E-state index contributed by atoms with van der Waals surface area (Å²) in [5.74, 6) is -0.0770. The molecule has 0 saturated carbocycles. The zero-order valence-corrected chi connectivity index (χ0v) is 19.2. The van der Waals surface area contributed by atoms with Crippen LogP contribution >= 0.6 is 11.8 Å². The molecule has 164 valence electrons. The molecule has 0 unspecified atom stereocenters. The van der Waals surface area contributed by atoms with Crippen molar-refractivity contribution in [3.8, 4) is 0 Å². The van der Waals surface area contributed by atoms with Crippen molar-refractivity contribution in [3.63, 3.8) is 0 Å². The zero-order chi connectivity index (χ0) is 22.0. The summed E-state index contributed by atoms with van der Waals surface area (Å²) in [6.07, 6.45) is 2.82. The van der Waals surface area contributed by atoms with Gasteiger partial charge in [0.2, 0.25) is 15.9 Å². The molecule has 1 saturated heterocycles. The molecule has 2 aromatic carbocycles. The molecule has 0 aliphatic carbocycles. The fourth-order valence-corrected chi connectivity index (χ4v) is 6.21. The number of likely N-dealkylation sites (N-methyl/N-ethyl adjacent to an activating group) is 1. The normalized spacial score (nSPS) is 16.3. The molecule has 2 heterocycles. The van der Waals surface area contributed by atoms with Crippen LogP contribution in [-0.4, -0.2) is 55.7 Å². The number of thioether (sulfide) groups is 1. The van der Waals surface area contributed by atoms with E-state index in [0.29, 0.717) is 29.4 Å². The molecular formula is C22H25N3O4S2. The number of nitrogens with zero attached hydrogens (tertiary/aromatic N) is 3. The average molecular weight is 460 g/mol. The molecule has 3 aromatic rings. The monoisotopic (exact) mass is 459 g/mol. The van der Waals surface area contributed by atoms with Gasteiger partial charge in [-0.15, -0.1) is 0 Å². The minimum absolute atomic E-state index is 0.0770. The van der Waals surface area contributed by atoms with E-state index < -0.39 is 15.3 Å². The van der Waals surface area contributed by atoms with E-state index in [1.165, 1.54) is 21.0 Å². The Kier molecular flexibility index (Phi) is 6.36. The summed E-state index contributed by atoms with van der Waals surface area (Å²) >= 11 is 1.22. The molecule has 1 aromatic heterocycles. The van der Waals surface area contributed by atoms with Gasteiger partial charge >= 0.3 is 0 Å². The Bertz CT molecular complexity index is 1170. The molecule has 1 atom stereocenters. The minimum Gasteiger partial charge on any atom is -0.431 e. The predicted molar refractivity (Wildman–Crippen MR) is 120 cm³/mol. The molecule has 0 N–H and O–H groups in total. The summed E-state index contributed by atoms with van der Waals surface area (Å²) in [4.78, 5) is 19.0. The number of fused-ring (bicyclic) bond motifs is 1. The number of carbonyl (C=O) groups excluding carboxylic acids is 1. The van der Waals surface area contributed by atoms with E-state index in [9.17, 15) is 13.2 Å². The van der Waals surface area contributed by atoms with Gasteiger partial charge in [0.15, 0.2) is 5.58 Å². The fraction of sp³-hybridized carbons (Fsp3) is 0.364. The van der Waals surface area contributed by atoms with Gasteiger partial charge in [0.1, 0.15) is 10.8 Å². The summed E-state index contributed by atoms with van der Waals surface area (Å²) < 4.78 is 33.3. The third-order valence-corrected chi connectivity index (χ3v) is 8.26. The third kappa shape index (κ3) is 4.63. The van der Waals surface area contributed by atoms with Crippen molar-refractivity contribution in [2.24, 2.45) is 0 Å². The van der Waals surface area contributed by atoms with Crippen LogP contribution in [0.1, 0.15) is 30.1 Å². The van der Waals surface area contributed by atoms with Crippen molar-refractivity contribution >= 4 is 38.8 Å². The lowest BCUT2D eigenvalue weighted by molar-refractivity contribution is -0.128. The first-order valence-electron chi connectivity index (χ1n) is 10.2. The Morgan fingerprint density at radius 2 is 1.81 bits per heavy atom. The van der Waals surface area contributed by atoms with Crippen molar-refractivity contribution in [3.05, 3.63) is 54.1 Å². The number of hydrogen-bond donors (Lipinski definition) is 0. The van der Waals surface area contributed by atoms with Crippen LogP contribution in [0.15, 0.2) is 63.1 Å². The largest absolute Gasteiger partial charge is 0.431 e. The number of piperidine rings is 1. The third-order valence-electron chi connectivity index (χ3n) is 5.28. The van der Waals surface area contributed by atoms with Crippen molar-refractivity contribution in [1.29, 1.82) is 0 Å². The molecular weight excluding hydrogens is 434 g/mol. The van der Waals surface area contributed by atoms with E-state index >= 15 is 0 Å². The molecule has 9 heteroatoms. The van der Waals surface area contributed by atoms with Gasteiger partial charge in [-0.3, -0.25) is 4.79 Å². The SMILES string of the molecule is CN(C)C(=O)[C@@H](Sc1nc2cc(S(=O)(=O)N3CCCCC3)ccc2o1)c1ccccc1. The number of carbonyl (C=O) groups is 1. The Labute approximate surface area is 186 Å². The average Bonchev–Trinajstić information content (AvgIpc) is 3.20. The van der Waals surface area contributed by atoms with Crippen LogP contribution in [0.25, 0.3) is 11.1 Å². The smallest absolute Gasteiger partial charge is 0.257 e. The fourth-order valence-electron chi connectivity index (χ4n) is 3.58. The molecule has 7 nitrogen and oxygen atoms in total. The highest BCUT2D eigenvalue weighted by Gasteiger charge is 2.28. The molecule has 1 aliphatic rings. The first-order chi connectivity index (χ1) is 14.9. The summed E-state index contributed by atoms with van der Waals surface area (Å²) in [6.45, 7) is 1.09. The first kappa shape index (κ1) is 21.9. The van der Waals surface area contributed by atoms with Crippen LogP contribution in [0.3, 0.4) is 0 Å². The number of benzene rings is 2. The van der Waals surface area contributed by atoms with E-state index in [1.807, 2.05) is 30.3 Å². The molecule has 0 bridgehead atoms. The second-order valence-corrected chi connectivity index (χ2v) is 10.7. The van der Waals surface area contributed by atoms with Crippen LogP contribution in [0.4, 0.5) is 0 Å². The molecule has 1 fully saturated rings. The predicted octanol–water partition coefficient (Wildman–Crippen LogP) is 3.92. The molecule has 0 radical (unpaired) electrons. The number of hydrogen-bond acceptors (Lipinski definition) is 6. The minimum atomic E-state index is -3.55.